The van der Waals surface area contributed by atoms with Crippen LogP contribution in [-0.4, -0.2) is 42.1 Å². The van der Waals surface area contributed by atoms with Gasteiger partial charge in [0.05, 0.1) is 5.41 Å². The molecule has 0 aromatic rings. The second-order valence-electron chi connectivity index (χ2n) is 5.23. The van der Waals surface area contributed by atoms with Crippen LogP contribution in [-0.2, 0) is 4.79 Å². The van der Waals surface area contributed by atoms with Crippen LogP contribution in [0.1, 0.15) is 45.4 Å². The molecule has 0 aromatic carbocycles. The van der Waals surface area contributed by atoms with Gasteiger partial charge in [-0.05, 0) is 19.3 Å². The molecule has 0 unspecified atom stereocenters. The van der Waals surface area contributed by atoms with Crippen molar-refractivity contribution in [1.82, 2.24) is 10.2 Å². The number of carbonyl (C=O) groups is 2. The number of hydrogen-bond acceptors (Lipinski definition) is 2. The quantitative estimate of drug-likeness (QED) is 0.685. The average molecular weight is 256 g/mol. The second-order valence-corrected chi connectivity index (χ2v) is 5.23. The van der Waals surface area contributed by atoms with E-state index in [1.165, 1.54) is 0 Å². The Morgan fingerprint density at radius 2 is 2.00 bits per heavy atom. The Bertz CT molecular complexity index is 301. The fourth-order valence-electron chi connectivity index (χ4n) is 2.15. The van der Waals surface area contributed by atoms with E-state index in [4.69, 9.17) is 5.11 Å². The molecule has 1 aliphatic rings. The van der Waals surface area contributed by atoms with Crippen molar-refractivity contribution in [2.75, 3.05) is 20.1 Å². The third kappa shape index (κ3) is 3.62. The molecule has 2 amide bonds. The third-order valence-corrected chi connectivity index (χ3v) is 3.79. The van der Waals surface area contributed by atoms with Crippen molar-refractivity contribution in [1.29, 1.82) is 0 Å². The minimum Gasteiger partial charge on any atom is -0.481 e. The number of hydrogen-bond donors (Lipinski definition) is 2. The zero-order chi connectivity index (χ0) is 13.6. The van der Waals surface area contributed by atoms with E-state index in [-0.39, 0.29) is 12.6 Å². The van der Waals surface area contributed by atoms with Gasteiger partial charge in [0.25, 0.3) is 0 Å². The molecule has 0 atom stereocenters. The molecule has 0 saturated heterocycles. The van der Waals surface area contributed by atoms with Crippen LogP contribution in [0, 0.1) is 5.41 Å². The Kier molecular flexibility index (Phi) is 5.44. The molecule has 1 saturated carbocycles. The minimum atomic E-state index is -0.789. The van der Waals surface area contributed by atoms with Crippen molar-refractivity contribution in [3.8, 4) is 0 Å². The SMILES string of the molecule is CCCCCN(C)C(=O)NCC1(C(=O)O)CCC1. The van der Waals surface area contributed by atoms with Gasteiger partial charge in [0, 0.05) is 20.1 Å². The summed E-state index contributed by atoms with van der Waals surface area (Å²) in [5.41, 5.74) is -0.708. The number of urea groups is 1. The molecule has 0 aliphatic heterocycles. The highest BCUT2D eigenvalue weighted by atomic mass is 16.4. The maximum atomic E-state index is 11.8. The largest absolute Gasteiger partial charge is 0.481 e. The standard InChI is InChI=1S/C13H24N2O3/c1-3-4-5-9-15(2)12(18)14-10-13(11(16)17)7-6-8-13/h3-10H2,1-2H3,(H,14,18)(H,16,17). The van der Waals surface area contributed by atoms with Gasteiger partial charge < -0.3 is 15.3 Å². The van der Waals surface area contributed by atoms with E-state index in [1.807, 2.05) is 0 Å². The first-order chi connectivity index (χ1) is 8.52. The fourth-order valence-corrected chi connectivity index (χ4v) is 2.15. The maximum absolute atomic E-state index is 11.8. The monoisotopic (exact) mass is 256 g/mol. The molecule has 2 N–H and O–H groups in total. The summed E-state index contributed by atoms with van der Waals surface area (Å²) in [5, 5.41) is 11.9. The lowest BCUT2D eigenvalue weighted by Gasteiger charge is -2.37. The lowest BCUT2D eigenvalue weighted by Crippen LogP contribution is -2.50. The molecule has 0 radical (unpaired) electrons. The van der Waals surface area contributed by atoms with E-state index in [2.05, 4.69) is 12.2 Å². The molecule has 0 spiro atoms. The average Bonchev–Trinajstić information content (AvgIpc) is 2.27. The summed E-state index contributed by atoms with van der Waals surface area (Å²) in [5.74, 6) is -0.789. The van der Waals surface area contributed by atoms with Crippen molar-refractivity contribution in [2.24, 2.45) is 5.41 Å². The van der Waals surface area contributed by atoms with Crippen LogP contribution in [0.15, 0.2) is 0 Å². The van der Waals surface area contributed by atoms with Crippen LogP contribution in [0.2, 0.25) is 0 Å². The predicted octanol–water partition coefficient (Wildman–Crippen LogP) is 2.07. The molecular formula is C13H24N2O3. The second kappa shape index (κ2) is 6.61. The van der Waals surface area contributed by atoms with E-state index in [0.717, 1.165) is 32.2 Å². The van der Waals surface area contributed by atoms with Gasteiger partial charge in [0.2, 0.25) is 0 Å². The number of unbranched alkanes of at least 4 members (excludes halogenated alkanes) is 2. The number of carbonyl (C=O) groups excluding carboxylic acids is 1. The summed E-state index contributed by atoms with van der Waals surface area (Å²) < 4.78 is 0. The van der Waals surface area contributed by atoms with Crippen LogP contribution >= 0.6 is 0 Å². The van der Waals surface area contributed by atoms with Crippen LogP contribution in [0.5, 0.6) is 0 Å². The van der Waals surface area contributed by atoms with Gasteiger partial charge in [-0.1, -0.05) is 26.2 Å². The first kappa shape index (κ1) is 14.8. The molecule has 104 valence electrons. The van der Waals surface area contributed by atoms with Gasteiger partial charge in [-0.2, -0.15) is 0 Å². The van der Waals surface area contributed by atoms with Gasteiger partial charge in [-0.25, -0.2) is 4.79 Å². The van der Waals surface area contributed by atoms with E-state index >= 15 is 0 Å². The van der Waals surface area contributed by atoms with Crippen molar-refractivity contribution in [2.45, 2.75) is 45.4 Å². The zero-order valence-electron chi connectivity index (χ0n) is 11.4. The highest BCUT2D eigenvalue weighted by molar-refractivity contribution is 5.78. The number of nitrogens with one attached hydrogen (secondary N) is 1. The maximum Gasteiger partial charge on any atom is 0.317 e. The molecule has 1 aliphatic carbocycles. The van der Waals surface area contributed by atoms with Gasteiger partial charge >= 0.3 is 12.0 Å². The van der Waals surface area contributed by atoms with Crippen LogP contribution in [0.25, 0.3) is 0 Å². The Hall–Kier alpha value is -1.26. The highest BCUT2D eigenvalue weighted by Gasteiger charge is 2.44. The lowest BCUT2D eigenvalue weighted by molar-refractivity contribution is -0.153. The lowest BCUT2D eigenvalue weighted by atomic mass is 9.69. The highest BCUT2D eigenvalue weighted by Crippen LogP contribution is 2.40. The van der Waals surface area contributed by atoms with Gasteiger partial charge in [-0.3, -0.25) is 4.79 Å². The molecule has 0 heterocycles. The van der Waals surface area contributed by atoms with E-state index < -0.39 is 11.4 Å². The first-order valence-electron chi connectivity index (χ1n) is 6.74. The predicted molar refractivity (Wildman–Crippen MR) is 69.5 cm³/mol. The summed E-state index contributed by atoms with van der Waals surface area (Å²) >= 11 is 0. The van der Waals surface area contributed by atoms with Crippen molar-refractivity contribution < 1.29 is 14.7 Å². The molecule has 0 aromatic heterocycles. The van der Waals surface area contributed by atoms with Crippen LogP contribution in [0.3, 0.4) is 0 Å². The number of nitrogens with zero attached hydrogens (tertiary/aromatic N) is 1. The smallest absolute Gasteiger partial charge is 0.317 e. The Labute approximate surface area is 109 Å². The molecule has 1 fully saturated rings. The Morgan fingerprint density at radius 3 is 2.44 bits per heavy atom. The van der Waals surface area contributed by atoms with E-state index in [9.17, 15) is 9.59 Å². The third-order valence-electron chi connectivity index (χ3n) is 3.79. The zero-order valence-corrected chi connectivity index (χ0v) is 11.4. The van der Waals surface area contributed by atoms with E-state index in [1.54, 1.807) is 11.9 Å². The van der Waals surface area contributed by atoms with Gasteiger partial charge in [0.1, 0.15) is 0 Å². The number of aliphatic carboxylic acids is 1. The summed E-state index contributed by atoms with van der Waals surface area (Å²) in [4.78, 5) is 24.5. The molecule has 18 heavy (non-hydrogen) atoms. The summed E-state index contributed by atoms with van der Waals surface area (Å²) in [6.07, 6.45) is 5.50. The molecular weight excluding hydrogens is 232 g/mol. The molecule has 5 nitrogen and oxygen atoms in total. The van der Waals surface area contributed by atoms with Gasteiger partial charge in [-0.15, -0.1) is 0 Å². The summed E-state index contributed by atoms with van der Waals surface area (Å²) in [7, 11) is 1.75. The summed E-state index contributed by atoms with van der Waals surface area (Å²) in [6, 6.07) is -0.168. The fraction of sp³-hybridized carbons (Fsp3) is 0.846. The molecule has 1 rings (SSSR count). The van der Waals surface area contributed by atoms with Crippen molar-refractivity contribution in [3.05, 3.63) is 0 Å². The number of carboxylic acids is 1. The van der Waals surface area contributed by atoms with Crippen molar-refractivity contribution >= 4 is 12.0 Å². The normalized spacial score (nSPS) is 16.8. The number of rotatable bonds is 7. The molecule has 5 heteroatoms. The Balaban J connectivity index is 2.29. The first-order valence-corrected chi connectivity index (χ1v) is 6.74. The van der Waals surface area contributed by atoms with Gasteiger partial charge in [0.15, 0.2) is 0 Å². The van der Waals surface area contributed by atoms with E-state index in [0.29, 0.717) is 12.8 Å². The number of carboxylic acid groups (broad SMARTS) is 1. The van der Waals surface area contributed by atoms with Crippen LogP contribution < -0.4 is 5.32 Å². The number of amides is 2. The minimum absolute atomic E-state index is 0.168. The molecule has 0 bridgehead atoms. The topological polar surface area (TPSA) is 69.6 Å². The summed E-state index contributed by atoms with van der Waals surface area (Å²) in [6.45, 7) is 3.09. The van der Waals surface area contributed by atoms with Crippen LogP contribution in [0.4, 0.5) is 4.79 Å². The van der Waals surface area contributed by atoms with Crippen molar-refractivity contribution in [3.63, 3.8) is 0 Å². The Morgan fingerprint density at radius 1 is 1.33 bits per heavy atom.